The second kappa shape index (κ2) is 40.0. The minimum atomic E-state index is -4.56. The van der Waals surface area contributed by atoms with E-state index in [9.17, 15) is 27.9 Å². The maximum absolute atomic E-state index is 13.8. The number of benzene rings is 4. The average molecular weight is 1400 g/mol. The molecule has 4 fully saturated rings. The molecule has 0 aromatic heterocycles. The molecule has 4 aromatic carbocycles. The van der Waals surface area contributed by atoms with Gasteiger partial charge >= 0.3 is 32.9 Å². The van der Waals surface area contributed by atoms with Gasteiger partial charge in [-0.3, -0.25) is 8.37 Å². The molecule has 96 heavy (non-hydrogen) atoms. The van der Waals surface area contributed by atoms with Gasteiger partial charge in [-0.15, -0.1) is 0 Å². The van der Waals surface area contributed by atoms with E-state index < -0.39 is 160 Å². The Hall–Kier alpha value is -5.36. The fourth-order valence-electron chi connectivity index (χ4n) is 11.1. The smallest absolute Gasteiger partial charge is 0.373 e. The van der Waals surface area contributed by atoms with Gasteiger partial charge in [0.2, 0.25) is 0 Å². The number of nitrogens with zero attached hydrogens (tertiary/aromatic N) is 6. The summed E-state index contributed by atoms with van der Waals surface area (Å²) in [4.78, 5) is 38.7. The quantitative estimate of drug-likeness (QED) is 0.0198. The summed E-state index contributed by atoms with van der Waals surface area (Å²) >= 11 is 0. The van der Waals surface area contributed by atoms with Crippen LogP contribution >= 0.6 is 15.8 Å². The Balaban J connectivity index is 0.00000234. The zero-order valence-corrected chi connectivity index (χ0v) is 56.4. The van der Waals surface area contributed by atoms with Crippen LogP contribution in [0.2, 0.25) is 0 Å². The molecule has 4 aliphatic rings. The Labute approximate surface area is 564 Å². The van der Waals surface area contributed by atoms with Crippen LogP contribution < -0.4 is 9.44 Å². The van der Waals surface area contributed by atoms with Gasteiger partial charge < -0.3 is 56.4 Å². The zero-order valence-electron chi connectivity index (χ0n) is 53.0. The van der Waals surface area contributed by atoms with Crippen molar-refractivity contribution in [3.05, 3.63) is 164 Å². The van der Waals surface area contributed by atoms with Crippen LogP contribution in [0.3, 0.4) is 0 Å². The highest BCUT2D eigenvalue weighted by atomic mass is 32.2. The number of nitrogens with one attached hydrogen (secondary N) is 2. The number of carbonyl (C=O) groups excluding carboxylic acids is 4. The number of ether oxygens (including phenoxy) is 10. The topological polar surface area (TPSA) is 387 Å². The van der Waals surface area contributed by atoms with E-state index in [-0.39, 0.29) is 50.6 Å². The summed E-state index contributed by atoms with van der Waals surface area (Å²) in [5.74, 6) is -1.15. The van der Waals surface area contributed by atoms with Crippen LogP contribution in [0.15, 0.2) is 132 Å². The Morgan fingerprint density at radius 1 is 0.479 bits per heavy atom. The Morgan fingerprint density at radius 2 is 0.833 bits per heavy atom. The summed E-state index contributed by atoms with van der Waals surface area (Å²) in [5.41, 5.74) is 23.3. The molecule has 0 bridgehead atoms. The monoisotopic (exact) mass is 1400 g/mol. The van der Waals surface area contributed by atoms with E-state index in [0.717, 1.165) is 11.1 Å². The highest BCUT2D eigenvalue weighted by Gasteiger charge is 2.56. The van der Waals surface area contributed by atoms with E-state index in [1.165, 1.54) is 7.11 Å². The van der Waals surface area contributed by atoms with Gasteiger partial charge in [0.25, 0.3) is 0 Å². The Bertz CT molecular complexity index is 3380. The molecular weight excluding hydrogens is 1330 g/mol. The molecular formula is C58H72B4N8O22P2S2. The predicted molar refractivity (Wildman–Crippen MR) is 344 cm³/mol. The zero-order chi connectivity index (χ0) is 70.0. The first-order chi connectivity index (χ1) is 46.0. The molecule has 4 aliphatic heterocycles. The summed E-state index contributed by atoms with van der Waals surface area (Å²) in [6.07, 6.45) is -18.0. The first-order valence-corrected chi connectivity index (χ1v) is 35.4. The third kappa shape index (κ3) is 23.9. The normalized spacial score (nSPS) is 30.5. The van der Waals surface area contributed by atoms with Gasteiger partial charge in [-0.2, -0.15) is 45.5 Å². The summed E-state index contributed by atoms with van der Waals surface area (Å²) in [7, 11) is 12.5. The Morgan fingerprint density at radius 3 is 1.22 bits per heavy atom. The molecule has 2 N–H and O–H groups in total. The largest absolute Gasteiger partial charge is 0.376 e. The second-order valence-corrected chi connectivity index (χ2v) is 26.8. The van der Waals surface area contributed by atoms with Crippen LogP contribution in [0.5, 0.6) is 0 Å². The molecule has 8 radical (unpaired) electrons. The van der Waals surface area contributed by atoms with Crippen molar-refractivity contribution in [2.24, 2.45) is 22.1 Å². The van der Waals surface area contributed by atoms with Crippen molar-refractivity contribution in [1.29, 1.82) is 0 Å². The summed E-state index contributed by atoms with van der Waals surface area (Å²) in [5, 5.41) is 8.16. The highest BCUT2D eigenvalue weighted by Crippen LogP contribution is 2.44. The van der Waals surface area contributed by atoms with E-state index >= 15 is 0 Å². The fraction of sp³-hybridized carbons (Fsp3) is 0.552. The van der Waals surface area contributed by atoms with Crippen LogP contribution in [0.1, 0.15) is 56.9 Å². The van der Waals surface area contributed by atoms with Crippen LogP contribution in [-0.2, 0) is 131 Å². The predicted octanol–water partition coefficient (Wildman–Crippen LogP) is 5.79. The minimum absolute atomic E-state index is 0.00513. The van der Waals surface area contributed by atoms with Crippen LogP contribution in [0.4, 0.5) is 0 Å². The highest BCUT2D eigenvalue weighted by molar-refractivity contribution is 7.98. The lowest BCUT2D eigenvalue weighted by molar-refractivity contribution is -0.361. The molecule has 38 heteroatoms. The molecule has 0 aliphatic carbocycles. The summed E-state index contributed by atoms with van der Waals surface area (Å²) in [6, 6.07) is 33.4. The molecule has 4 aromatic rings. The molecule has 0 saturated carbocycles. The minimum Gasteiger partial charge on any atom is -0.376 e. The van der Waals surface area contributed by atoms with Gasteiger partial charge in [-0.1, -0.05) is 161 Å². The molecule has 0 spiro atoms. The molecule has 0 amide bonds. The number of hydrogen-bond acceptors (Lipinski definition) is 24. The molecule has 10 unspecified atom stereocenters. The van der Waals surface area contributed by atoms with Crippen molar-refractivity contribution in [1.82, 2.24) is 9.44 Å². The first-order valence-electron chi connectivity index (χ1n) is 29.8. The van der Waals surface area contributed by atoms with E-state index in [2.05, 4.69) is 29.5 Å². The summed E-state index contributed by atoms with van der Waals surface area (Å²) < 4.78 is 149. The molecule has 510 valence electrons. The van der Waals surface area contributed by atoms with Crippen molar-refractivity contribution >= 4 is 79.0 Å². The van der Waals surface area contributed by atoms with Crippen LogP contribution in [0, 0.1) is 11.8 Å². The van der Waals surface area contributed by atoms with E-state index in [1.807, 2.05) is 74.5 Å². The third-order valence-corrected chi connectivity index (χ3v) is 18.6. The molecule has 8 rings (SSSR count). The SMILES string of the molecule is O=C=O.O=C=O.[B]P([B])O[C@@H]1C(N=[N+]=[N-])[C@@H](OC2C(C)O[C@H](O[C@@H]3C(COS(=O)(=O)NCc4ccccc4)O[C@H](OC4C(C)O[C@@H](C)C(C)[C@@H]4OCc4ccccc4)C(N=[N+]=[N-])[C@H]3OP([B])[B])C(C)[C@@H]2OCc2ccccc2)OC(COS(=O)(=O)NCc2ccccc2)[C@H]1OC. The third-order valence-electron chi connectivity index (χ3n) is 15.7. The van der Waals surface area contributed by atoms with Crippen molar-refractivity contribution in [3.8, 4) is 0 Å². The second-order valence-electron chi connectivity index (χ2n) is 22.1. The van der Waals surface area contributed by atoms with Gasteiger partial charge in [-0.05, 0) is 54.1 Å². The van der Waals surface area contributed by atoms with Gasteiger partial charge in [0.1, 0.15) is 91.2 Å². The van der Waals surface area contributed by atoms with Gasteiger partial charge in [-0.25, -0.2) is 0 Å². The van der Waals surface area contributed by atoms with Crippen molar-refractivity contribution < 1.29 is 101 Å². The fourth-order valence-corrected chi connectivity index (χ4v) is 13.6. The lowest BCUT2D eigenvalue weighted by Crippen LogP contribution is -2.65. The Kier molecular flexibility index (Phi) is 33.2. The lowest BCUT2D eigenvalue weighted by Gasteiger charge is -2.51. The van der Waals surface area contributed by atoms with Gasteiger partial charge in [0, 0.05) is 41.9 Å². The maximum atomic E-state index is 13.8. The number of hydrogen-bond donors (Lipinski definition) is 2. The molecule has 30 nitrogen and oxygen atoms in total. The standard InChI is InChI=1S/C56H72B4N8O18P2S2.2CO2/c1-33-35(3)78-36(4)48(46(33)74-29-40-23-15-9-16-24-40)82-56-45(66-68-62)53(86-88(59)60)51(43(81-56)32-77-90(71,72)64-28-39-21-13-8-14-22-39)84-54-34(2)47(75-30-41-25-17-10-18-26-41)49(37(5)79-54)83-55-44(65-67-61)52(85-87(57)58)50(73-6)42(80-55)31-76-89(69,70)63-27-38-19-11-7-12-20-38;2*2-1-3/h7-26,33-37,42-56,63-64H,27-32H2,1-6H3;;/t33?,34?,35-,36?,37?,42?,43?,44?,45?,46-,47-,48?,49?,50+,51+,52+,53+,54+,55+,56+;;/m0../s1. The van der Waals surface area contributed by atoms with E-state index in [0.29, 0.717) is 11.1 Å². The van der Waals surface area contributed by atoms with E-state index in [4.69, 9.17) is 114 Å². The van der Waals surface area contributed by atoms with Crippen molar-refractivity contribution in [2.45, 2.75) is 171 Å². The van der Waals surface area contributed by atoms with E-state index in [1.54, 1.807) is 81.4 Å². The molecule has 4 heterocycles. The van der Waals surface area contributed by atoms with Crippen molar-refractivity contribution in [3.63, 3.8) is 0 Å². The van der Waals surface area contributed by atoms with Gasteiger partial charge in [0.15, 0.2) is 18.9 Å². The summed E-state index contributed by atoms with van der Waals surface area (Å²) in [6.45, 7) is 7.62. The molecule has 4 saturated heterocycles. The van der Waals surface area contributed by atoms with Gasteiger partial charge in [0.05, 0.1) is 56.9 Å². The molecule has 20 atom stereocenters. The number of rotatable bonds is 31. The van der Waals surface area contributed by atoms with Crippen LogP contribution in [0.25, 0.3) is 20.9 Å². The number of methoxy groups -OCH3 is 1. The maximum Gasteiger partial charge on any atom is 0.373 e. The first kappa shape index (κ1) is 79.6. The number of azide groups is 2. The van der Waals surface area contributed by atoms with Crippen molar-refractivity contribution in [2.75, 3.05) is 20.3 Å². The average Bonchev–Trinajstić information content (AvgIpc) is 0.770. The lowest BCUT2D eigenvalue weighted by atomic mass is 9.88. The van der Waals surface area contributed by atoms with Crippen LogP contribution in [-0.4, -0.2) is 190 Å².